The van der Waals surface area contributed by atoms with Crippen molar-refractivity contribution in [3.8, 4) is 0 Å². The largest absolute Gasteiger partial charge is 0.367 e. The Bertz CT molecular complexity index is 554. The quantitative estimate of drug-likeness (QED) is 0.769. The van der Waals surface area contributed by atoms with Crippen LogP contribution >= 0.6 is 0 Å². The van der Waals surface area contributed by atoms with Gasteiger partial charge < -0.3 is 9.47 Å². The molecule has 0 atom stereocenters. The standard InChI is InChI=1S/C16H20N2O/c1-4-13-5-7-15(8-6-13)18(3)12-16(19)14-9-10-17(2)11-14/h5-11H,4,12H2,1-3H3. The minimum atomic E-state index is 0.141. The molecule has 0 saturated heterocycles. The zero-order chi connectivity index (χ0) is 13.8. The molecule has 0 N–H and O–H groups in total. The summed E-state index contributed by atoms with van der Waals surface area (Å²) in [7, 11) is 3.87. The van der Waals surface area contributed by atoms with Gasteiger partial charge in [-0.3, -0.25) is 4.79 Å². The molecule has 0 bridgehead atoms. The Labute approximate surface area is 114 Å². The van der Waals surface area contributed by atoms with Gasteiger partial charge >= 0.3 is 0 Å². The normalized spacial score (nSPS) is 10.5. The van der Waals surface area contributed by atoms with Gasteiger partial charge in [0.05, 0.1) is 6.54 Å². The second kappa shape index (κ2) is 5.74. The minimum absolute atomic E-state index is 0.141. The number of likely N-dealkylation sites (N-methyl/N-ethyl adjacent to an activating group) is 1. The van der Waals surface area contributed by atoms with E-state index >= 15 is 0 Å². The summed E-state index contributed by atoms with van der Waals surface area (Å²) in [5.41, 5.74) is 3.15. The maximum Gasteiger partial charge on any atom is 0.183 e. The first-order valence-electron chi connectivity index (χ1n) is 6.55. The lowest BCUT2D eigenvalue weighted by atomic mass is 10.1. The molecule has 2 rings (SSSR count). The predicted molar refractivity (Wildman–Crippen MR) is 78.8 cm³/mol. The van der Waals surface area contributed by atoms with Crippen LogP contribution in [0.15, 0.2) is 42.7 Å². The first-order valence-corrected chi connectivity index (χ1v) is 6.55. The Balaban J connectivity index is 2.03. The van der Waals surface area contributed by atoms with Crippen LogP contribution in [0.5, 0.6) is 0 Å². The van der Waals surface area contributed by atoms with Crippen LogP contribution in [0.4, 0.5) is 5.69 Å². The highest BCUT2D eigenvalue weighted by Crippen LogP contribution is 2.15. The summed E-state index contributed by atoms with van der Waals surface area (Å²) in [6, 6.07) is 10.2. The van der Waals surface area contributed by atoms with Crippen molar-refractivity contribution in [2.45, 2.75) is 13.3 Å². The molecule has 3 nitrogen and oxygen atoms in total. The molecule has 3 heteroatoms. The summed E-state index contributed by atoms with van der Waals surface area (Å²) < 4.78 is 1.89. The van der Waals surface area contributed by atoms with Gasteiger partial charge in [0, 0.05) is 37.7 Å². The topological polar surface area (TPSA) is 25.2 Å². The number of ketones is 1. The molecule has 0 spiro atoms. The molecule has 0 saturated carbocycles. The Morgan fingerprint density at radius 3 is 2.42 bits per heavy atom. The Hall–Kier alpha value is -2.03. The smallest absolute Gasteiger partial charge is 0.183 e. The molecule has 0 unspecified atom stereocenters. The van der Waals surface area contributed by atoms with E-state index in [4.69, 9.17) is 0 Å². The molecule has 1 heterocycles. The number of Topliss-reactive ketones (excluding diaryl/α,β-unsaturated/α-hetero) is 1. The second-order valence-corrected chi connectivity index (χ2v) is 4.86. The number of rotatable bonds is 5. The molecule has 0 radical (unpaired) electrons. The van der Waals surface area contributed by atoms with E-state index in [9.17, 15) is 4.79 Å². The van der Waals surface area contributed by atoms with Crippen molar-refractivity contribution in [2.75, 3.05) is 18.5 Å². The lowest BCUT2D eigenvalue weighted by Gasteiger charge is -2.18. The molecule has 1 aromatic heterocycles. The van der Waals surface area contributed by atoms with E-state index in [0.717, 1.165) is 17.7 Å². The first-order chi connectivity index (χ1) is 9.10. The Morgan fingerprint density at radius 2 is 1.89 bits per heavy atom. The monoisotopic (exact) mass is 256 g/mol. The maximum atomic E-state index is 12.1. The van der Waals surface area contributed by atoms with Gasteiger partial charge in [-0.25, -0.2) is 0 Å². The third-order valence-electron chi connectivity index (χ3n) is 3.32. The van der Waals surface area contributed by atoms with E-state index < -0.39 is 0 Å². The highest BCUT2D eigenvalue weighted by molar-refractivity contribution is 5.99. The van der Waals surface area contributed by atoms with Crippen LogP contribution in [-0.2, 0) is 13.5 Å². The van der Waals surface area contributed by atoms with Crippen LogP contribution in [0.3, 0.4) is 0 Å². The number of benzene rings is 1. The predicted octanol–water partition coefficient (Wildman–Crippen LogP) is 2.91. The average Bonchev–Trinajstić information content (AvgIpc) is 2.85. The van der Waals surface area contributed by atoms with E-state index in [0.29, 0.717) is 6.54 Å². The van der Waals surface area contributed by atoms with E-state index in [-0.39, 0.29) is 5.78 Å². The van der Waals surface area contributed by atoms with Crippen LogP contribution in [0.25, 0.3) is 0 Å². The van der Waals surface area contributed by atoms with Crippen LogP contribution in [0.1, 0.15) is 22.8 Å². The van der Waals surface area contributed by atoms with Gasteiger partial charge in [-0.1, -0.05) is 19.1 Å². The van der Waals surface area contributed by atoms with E-state index in [2.05, 4.69) is 31.2 Å². The number of carbonyl (C=O) groups excluding carboxylic acids is 1. The SMILES string of the molecule is CCc1ccc(N(C)CC(=O)c2ccn(C)c2)cc1. The van der Waals surface area contributed by atoms with Crippen molar-refractivity contribution in [1.82, 2.24) is 4.57 Å². The zero-order valence-corrected chi connectivity index (χ0v) is 11.8. The average molecular weight is 256 g/mol. The van der Waals surface area contributed by atoms with E-state index in [1.807, 2.05) is 42.0 Å². The highest BCUT2D eigenvalue weighted by Gasteiger charge is 2.10. The number of aromatic nitrogens is 1. The van der Waals surface area contributed by atoms with Crippen molar-refractivity contribution in [3.05, 3.63) is 53.9 Å². The number of anilines is 1. The fourth-order valence-corrected chi connectivity index (χ4v) is 2.05. The fourth-order valence-electron chi connectivity index (χ4n) is 2.05. The van der Waals surface area contributed by atoms with Crippen molar-refractivity contribution in [2.24, 2.45) is 7.05 Å². The molecule has 100 valence electrons. The van der Waals surface area contributed by atoms with Crippen LogP contribution in [0, 0.1) is 0 Å². The molecule has 0 fully saturated rings. The summed E-state index contributed by atoms with van der Waals surface area (Å²) in [6.07, 6.45) is 4.78. The third kappa shape index (κ3) is 3.25. The molecule has 2 aromatic rings. The molecule has 0 aliphatic heterocycles. The summed E-state index contributed by atoms with van der Waals surface area (Å²) in [4.78, 5) is 14.1. The number of carbonyl (C=O) groups is 1. The van der Waals surface area contributed by atoms with Crippen molar-refractivity contribution in [3.63, 3.8) is 0 Å². The maximum absolute atomic E-state index is 12.1. The van der Waals surface area contributed by atoms with Crippen LogP contribution in [0.2, 0.25) is 0 Å². The van der Waals surface area contributed by atoms with Crippen LogP contribution in [-0.4, -0.2) is 23.9 Å². The number of hydrogen-bond donors (Lipinski definition) is 0. The van der Waals surface area contributed by atoms with Gasteiger partial charge in [0.25, 0.3) is 0 Å². The second-order valence-electron chi connectivity index (χ2n) is 4.86. The summed E-state index contributed by atoms with van der Waals surface area (Å²) >= 11 is 0. The van der Waals surface area contributed by atoms with E-state index in [1.54, 1.807) is 0 Å². The van der Waals surface area contributed by atoms with Gasteiger partial charge in [-0.05, 0) is 30.2 Å². The highest BCUT2D eigenvalue weighted by atomic mass is 16.1. The first kappa shape index (κ1) is 13.4. The number of nitrogens with zero attached hydrogens (tertiary/aromatic N) is 2. The van der Waals surface area contributed by atoms with Crippen LogP contribution < -0.4 is 4.90 Å². The van der Waals surface area contributed by atoms with E-state index in [1.165, 1.54) is 5.56 Å². The number of hydrogen-bond acceptors (Lipinski definition) is 2. The number of aryl methyl sites for hydroxylation is 2. The Kier molecular flexibility index (Phi) is 4.05. The Morgan fingerprint density at radius 1 is 1.21 bits per heavy atom. The van der Waals surface area contributed by atoms with Gasteiger partial charge in [0.15, 0.2) is 5.78 Å². The van der Waals surface area contributed by atoms with Crippen molar-refractivity contribution in [1.29, 1.82) is 0 Å². The molecule has 0 amide bonds. The molecule has 0 aliphatic carbocycles. The summed E-state index contributed by atoms with van der Waals surface area (Å²) in [5.74, 6) is 0.141. The lowest BCUT2D eigenvalue weighted by Crippen LogP contribution is -2.25. The fraction of sp³-hybridized carbons (Fsp3) is 0.312. The van der Waals surface area contributed by atoms with Gasteiger partial charge in [0.1, 0.15) is 0 Å². The lowest BCUT2D eigenvalue weighted by molar-refractivity contribution is 0.100. The molecular formula is C16H20N2O. The molecular weight excluding hydrogens is 236 g/mol. The molecule has 19 heavy (non-hydrogen) atoms. The minimum Gasteiger partial charge on any atom is -0.367 e. The summed E-state index contributed by atoms with van der Waals surface area (Å²) in [5, 5.41) is 0. The summed E-state index contributed by atoms with van der Waals surface area (Å²) in [6.45, 7) is 2.53. The van der Waals surface area contributed by atoms with Crippen molar-refractivity contribution < 1.29 is 4.79 Å². The zero-order valence-electron chi connectivity index (χ0n) is 11.8. The van der Waals surface area contributed by atoms with Gasteiger partial charge in [0.2, 0.25) is 0 Å². The molecule has 1 aromatic carbocycles. The van der Waals surface area contributed by atoms with Gasteiger partial charge in [-0.2, -0.15) is 0 Å². The van der Waals surface area contributed by atoms with Gasteiger partial charge in [-0.15, -0.1) is 0 Å². The third-order valence-corrected chi connectivity index (χ3v) is 3.32. The molecule has 0 aliphatic rings. The van der Waals surface area contributed by atoms with Crippen molar-refractivity contribution >= 4 is 11.5 Å².